The summed E-state index contributed by atoms with van der Waals surface area (Å²) in [5.74, 6) is 0.463. The van der Waals surface area contributed by atoms with E-state index >= 15 is 0 Å². The van der Waals surface area contributed by atoms with Crippen LogP contribution >= 0.6 is 0 Å². The number of aliphatic hydroxyl groups excluding tert-OH is 2. The monoisotopic (exact) mass is 288 g/mol. The van der Waals surface area contributed by atoms with Crippen molar-refractivity contribution in [3.63, 3.8) is 0 Å². The average Bonchev–Trinajstić information content (AvgIpc) is 2.54. The molecule has 1 aliphatic rings. The molecule has 1 aromatic carbocycles. The molecule has 0 aromatic heterocycles. The second-order valence-electron chi connectivity index (χ2n) is 6.22. The minimum absolute atomic E-state index is 0.233. The molecule has 1 fully saturated rings. The van der Waals surface area contributed by atoms with Crippen molar-refractivity contribution in [2.75, 3.05) is 0 Å². The van der Waals surface area contributed by atoms with Crippen molar-refractivity contribution in [1.82, 2.24) is 0 Å². The summed E-state index contributed by atoms with van der Waals surface area (Å²) >= 11 is 0. The molecule has 1 aromatic rings. The third-order valence-corrected chi connectivity index (χ3v) is 4.50. The van der Waals surface area contributed by atoms with Gasteiger partial charge in [0.05, 0.1) is 12.2 Å². The lowest BCUT2D eigenvalue weighted by atomic mass is 9.84. The molecule has 0 amide bonds. The number of hydrogen-bond acceptors (Lipinski definition) is 2. The van der Waals surface area contributed by atoms with Crippen LogP contribution in [-0.2, 0) is 6.42 Å². The molecule has 2 rings (SSSR count). The van der Waals surface area contributed by atoms with Crippen LogP contribution in [0.2, 0.25) is 0 Å². The highest BCUT2D eigenvalue weighted by Crippen LogP contribution is 2.27. The Labute approximate surface area is 128 Å². The standard InChI is InChI=1S/C19H28O2/c20-18(15-14-16-8-3-1-4-9-16)12-7-13-19(21)17-10-5-2-6-11-17/h1,3-4,7-9,12,17-21H,2,5-6,10-11,13-15H2/b12-7+/t18-,19+/m0/s1. The van der Waals surface area contributed by atoms with E-state index in [2.05, 4.69) is 12.1 Å². The maximum Gasteiger partial charge on any atom is 0.0724 e. The molecule has 0 unspecified atom stereocenters. The number of aryl methyl sites for hydroxylation is 1. The fraction of sp³-hybridized carbons (Fsp3) is 0.579. The average molecular weight is 288 g/mol. The summed E-state index contributed by atoms with van der Waals surface area (Å²) in [5, 5.41) is 20.1. The summed E-state index contributed by atoms with van der Waals surface area (Å²) < 4.78 is 0. The Balaban J connectivity index is 1.65. The first kappa shape index (κ1) is 16.3. The fourth-order valence-corrected chi connectivity index (χ4v) is 3.14. The number of benzene rings is 1. The van der Waals surface area contributed by atoms with Gasteiger partial charge in [-0.15, -0.1) is 0 Å². The Morgan fingerprint density at radius 3 is 2.48 bits per heavy atom. The molecule has 0 spiro atoms. The van der Waals surface area contributed by atoms with E-state index in [-0.39, 0.29) is 6.10 Å². The predicted molar refractivity (Wildman–Crippen MR) is 87.1 cm³/mol. The van der Waals surface area contributed by atoms with Gasteiger partial charge >= 0.3 is 0 Å². The summed E-state index contributed by atoms with van der Waals surface area (Å²) in [6, 6.07) is 10.2. The van der Waals surface area contributed by atoms with Crippen molar-refractivity contribution in [1.29, 1.82) is 0 Å². The molecule has 1 aliphatic carbocycles. The van der Waals surface area contributed by atoms with Crippen LogP contribution in [0.3, 0.4) is 0 Å². The van der Waals surface area contributed by atoms with Crippen LogP contribution in [0.25, 0.3) is 0 Å². The molecule has 1 saturated carbocycles. The molecule has 116 valence electrons. The summed E-state index contributed by atoms with van der Waals surface area (Å²) in [6.07, 6.45) is 11.6. The molecule has 2 atom stereocenters. The van der Waals surface area contributed by atoms with E-state index in [1.54, 1.807) is 0 Å². The van der Waals surface area contributed by atoms with Gasteiger partial charge in [0, 0.05) is 0 Å². The van der Waals surface area contributed by atoms with Crippen molar-refractivity contribution in [3.8, 4) is 0 Å². The molecule has 0 radical (unpaired) electrons. The van der Waals surface area contributed by atoms with Gasteiger partial charge in [-0.2, -0.15) is 0 Å². The van der Waals surface area contributed by atoms with E-state index in [1.807, 2.05) is 30.4 Å². The SMILES string of the molecule is O[C@H](C/C=C/[C@H](O)CCc1ccccc1)C1CCCCC1. The minimum atomic E-state index is -0.413. The highest BCUT2D eigenvalue weighted by atomic mass is 16.3. The van der Waals surface area contributed by atoms with Gasteiger partial charge in [-0.25, -0.2) is 0 Å². The van der Waals surface area contributed by atoms with Crippen molar-refractivity contribution in [3.05, 3.63) is 48.0 Å². The lowest BCUT2D eigenvalue weighted by molar-refractivity contribution is 0.0870. The normalized spacial score (nSPS) is 19.7. The molecule has 0 aliphatic heterocycles. The van der Waals surface area contributed by atoms with E-state index in [4.69, 9.17) is 0 Å². The second kappa shape index (κ2) is 9.01. The largest absolute Gasteiger partial charge is 0.393 e. The zero-order valence-electron chi connectivity index (χ0n) is 12.8. The van der Waals surface area contributed by atoms with E-state index in [9.17, 15) is 10.2 Å². The van der Waals surface area contributed by atoms with Gasteiger partial charge in [0.25, 0.3) is 0 Å². The van der Waals surface area contributed by atoms with Gasteiger partial charge in [-0.3, -0.25) is 0 Å². The maximum absolute atomic E-state index is 10.2. The molecule has 2 N–H and O–H groups in total. The smallest absolute Gasteiger partial charge is 0.0724 e. The molecular formula is C19H28O2. The Morgan fingerprint density at radius 1 is 1.05 bits per heavy atom. The molecular weight excluding hydrogens is 260 g/mol. The molecule has 0 saturated heterocycles. The van der Waals surface area contributed by atoms with Crippen molar-refractivity contribution < 1.29 is 10.2 Å². The van der Waals surface area contributed by atoms with Crippen LogP contribution in [0.15, 0.2) is 42.5 Å². The summed E-state index contributed by atoms with van der Waals surface area (Å²) in [6.45, 7) is 0. The zero-order chi connectivity index (χ0) is 14.9. The van der Waals surface area contributed by atoms with E-state index in [0.717, 1.165) is 25.7 Å². The summed E-state index contributed by atoms with van der Waals surface area (Å²) in [4.78, 5) is 0. The quantitative estimate of drug-likeness (QED) is 0.748. The zero-order valence-corrected chi connectivity index (χ0v) is 12.8. The van der Waals surface area contributed by atoms with Crippen LogP contribution in [0.1, 0.15) is 50.5 Å². The van der Waals surface area contributed by atoms with Crippen LogP contribution in [0, 0.1) is 5.92 Å². The molecule has 0 heterocycles. The van der Waals surface area contributed by atoms with Crippen LogP contribution in [0.4, 0.5) is 0 Å². The van der Waals surface area contributed by atoms with Crippen molar-refractivity contribution in [2.45, 2.75) is 63.6 Å². The fourth-order valence-electron chi connectivity index (χ4n) is 3.14. The first-order valence-corrected chi connectivity index (χ1v) is 8.32. The van der Waals surface area contributed by atoms with Gasteiger partial charge in [0.1, 0.15) is 0 Å². The first-order chi connectivity index (χ1) is 10.3. The third-order valence-electron chi connectivity index (χ3n) is 4.50. The van der Waals surface area contributed by atoms with E-state index in [0.29, 0.717) is 12.3 Å². The van der Waals surface area contributed by atoms with Crippen LogP contribution < -0.4 is 0 Å². The van der Waals surface area contributed by atoms with Gasteiger partial charge in [0.15, 0.2) is 0 Å². The van der Waals surface area contributed by atoms with Gasteiger partial charge in [-0.05, 0) is 43.6 Å². The summed E-state index contributed by atoms with van der Waals surface area (Å²) in [5.41, 5.74) is 1.26. The predicted octanol–water partition coefficient (Wildman–Crippen LogP) is 3.87. The highest BCUT2D eigenvalue weighted by molar-refractivity contribution is 5.15. The Kier molecular flexibility index (Phi) is 6.98. The van der Waals surface area contributed by atoms with E-state index in [1.165, 1.54) is 24.8 Å². The van der Waals surface area contributed by atoms with Crippen LogP contribution in [0.5, 0.6) is 0 Å². The van der Waals surface area contributed by atoms with Gasteiger partial charge in [0.2, 0.25) is 0 Å². The lowest BCUT2D eigenvalue weighted by Crippen LogP contribution is -2.22. The maximum atomic E-state index is 10.2. The first-order valence-electron chi connectivity index (χ1n) is 8.32. The topological polar surface area (TPSA) is 40.5 Å². The van der Waals surface area contributed by atoms with Gasteiger partial charge < -0.3 is 10.2 Å². The number of hydrogen-bond donors (Lipinski definition) is 2. The number of rotatable bonds is 7. The van der Waals surface area contributed by atoms with Gasteiger partial charge in [-0.1, -0.05) is 61.7 Å². The van der Waals surface area contributed by atoms with Crippen molar-refractivity contribution in [2.24, 2.45) is 5.92 Å². The second-order valence-corrected chi connectivity index (χ2v) is 6.22. The summed E-state index contributed by atoms with van der Waals surface area (Å²) in [7, 11) is 0. The minimum Gasteiger partial charge on any atom is -0.393 e. The number of aliphatic hydroxyl groups is 2. The van der Waals surface area contributed by atoms with Crippen molar-refractivity contribution >= 4 is 0 Å². The third kappa shape index (κ3) is 6.03. The Morgan fingerprint density at radius 2 is 1.76 bits per heavy atom. The lowest BCUT2D eigenvalue weighted by Gasteiger charge is -2.25. The molecule has 21 heavy (non-hydrogen) atoms. The molecule has 2 nitrogen and oxygen atoms in total. The Hall–Kier alpha value is -1.12. The highest BCUT2D eigenvalue weighted by Gasteiger charge is 2.20. The molecule has 2 heteroatoms. The Bertz CT molecular complexity index is 407. The molecule has 0 bridgehead atoms. The van der Waals surface area contributed by atoms with E-state index < -0.39 is 6.10 Å². The van der Waals surface area contributed by atoms with Crippen LogP contribution in [-0.4, -0.2) is 22.4 Å².